The van der Waals surface area contributed by atoms with E-state index >= 15 is 0 Å². The number of aliphatic carboxylic acids is 1. The van der Waals surface area contributed by atoms with E-state index in [1.54, 1.807) is 0 Å². The number of carbonyl (C=O) groups excluding carboxylic acids is 1. The summed E-state index contributed by atoms with van der Waals surface area (Å²) in [6, 6.07) is 13.3. The second-order valence-electron chi connectivity index (χ2n) is 4.94. The molecule has 0 aliphatic carbocycles. The summed E-state index contributed by atoms with van der Waals surface area (Å²) in [4.78, 5) is 23.3. The average Bonchev–Trinajstić information content (AvgIpc) is 2.46. The standard InChI is InChI=1S/C16H16O4/c1-16(14(17)18,15(19)20-2)10-12-8-5-7-11-6-3-4-9-13(11)12/h3-9H,10H2,1-2H3,(H,17,18). The number of esters is 1. The van der Waals surface area contributed by atoms with E-state index in [0.717, 1.165) is 16.3 Å². The molecule has 0 saturated heterocycles. The maximum atomic E-state index is 11.8. The van der Waals surface area contributed by atoms with Crippen LogP contribution >= 0.6 is 0 Å². The Morgan fingerprint density at radius 3 is 2.45 bits per heavy atom. The van der Waals surface area contributed by atoms with Gasteiger partial charge in [-0.2, -0.15) is 0 Å². The van der Waals surface area contributed by atoms with Gasteiger partial charge >= 0.3 is 11.9 Å². The molecule has 104 valence electrons. The van der Waals surface area contributed by atoms with Crippen LogP contribution in [0.25, 0.3) is 10.8 Å². The van der Waals surface area contributed by atoms with Crippen molar-refractivity contribution in [3.05, 3.63) is 48.0 Å². The van der Waals surface area contributed by atoms with Gasteiger partial charge in [-0.3, -0.25) is 9.59 Å². The summed E-state index contributed by atoms with van der Waals surface area (Å²) in [5.41, 5.74) is -0.766. The number of rotatable bonds is 4. The van der Waals surface area contributed by atoms with Crippen molar-refractivity contribution in [3.8, 4) is 0 Å². The van der Waals surface area contributed by atoms with Crippen LogP contribution in [0, 0.1) is 5.41 Å². The van der Waals surface area contributed by atoms with E-state index in [2.05, 4.69) is 4.74 Å². The Bertz CT molecular complexity index is 657. The minimum Gasteiger partial charge on any atom is -0.480 e. The van der Waals surface area contributed by atoms with E-state index in [1.807, 2.05) is 42.5 Å². The molecule has 1 atom stereocenters. The largest absolute Gasteiger partial charge is 0.480 e. The summed E-state index contributed by atoms with van der Waals surface area (Å²) in [5.74, 6) is -1.92. The molecule has 2 aromatic carbocycles. The Morgan fingerprint density at radius 2 is 1.80 bits per heavy atom. The van der Waals surface area contributed by atoms with Crippen molar-refractivity contribution < 1.29 is 19.4 Å². The highest BCUT2D eigenvalue weighted by Crippen LogP contribution is 2.29. The third-order valence-corrected chi connectivity index (χ3v) is 3.53. The molecule has 0 spiro atoms. The molecule has 0 heterocycles. The van der Waals surface area contributed by atoms with Gasteiger partial charge < -0.3 is 9.84 Å². The van der Waals surface area contributed by atoms with E-state index in [-0.39, 0.29) is 6.42 Å². The number of hydrogen-bond donors (Lipinski definition) is 1. The van der Waals surface area contributed by atoms with Crippen LogP contribution in [0.4, 0.5) is 0 Å². The molecule has 0 aliphatic heterocycles. The summed E-state index contributed by atoms with van der Waals surface area (Å²) in [7, 11) is 1.20. The third-order valence-electron chi connectivity index (χ3n) is 3.53. The first-order chi connectivity index (χ1) is 9.49. The lowest BCUT2D eigenvalue weighted by molar-refractivity contribution is -0.165. The SMILES string of the molecule is COC(=O)C(C)(Cc1cccc2ccccc12)C(=O)O. The Hall–Kier alpha value is -2.36. The number of carbonyl (C=O) groups is 2. The normalized spacial score (nSPS) is 13.7. The fraction of sp³-hybridized carbons (Fsp3) is 0.250. The highest BCUT2D eigenvalue weighted by Gasteiger charge is 2.43. The van der Waals surface area contributed by atoms with Crippen molar-refractivity contribution in [3.63, 3.8) is 0 Å². The molecule has 0 aliphatic rings. The van der Waals surface area contributed by atoms with Crippen molar-refractivity contribution in [1.82, 2.24) is 0 Å². The molecule has 0 aromatic heterocycles. The van der Waals surface area contributed by atoms with Gasteiger partial charge in [-0.1, -0.05) is 42.5 Å². The molecule has 0 radical (unpaired) electrons. The zero-order valence-electron chi connectivity index (χ0n) is 11.4. The Balaban J connectivity index is 2.49. The molecule has 20 heavy (non-hydrogen) atoms. The average molecular weight is 272 g/mol. The zero-order chi connectivity index (χ0) is 14.8. The number of hydrogen-bond acceptors (Lipinski definition) is 3. The van der Waals surface area contributed by atoms with Crippen molar-refractivity contribution in [2.24, 2.45) is 5.41 Å². The van der Waals surface area contributed by atoms with Gasteiger partial charge in [0.1, 0.15) is 0 Å². The van der Waals surface area contributed by atoms with Gasteiger partial charge in [-0.05, 0) is 29.7 Å². The highest BCUT2D eigenvalue weighted by atomic mass is 16.5. The van der Waals surface area contributed by atoms with Crippen molar-refractivity contribution in [2.75, 3.05) is 7.11 Å². The third kappa shape index (κ3) is 2.37. The Labute approximate surface area is 117 Å². The molecule has 4 heteroatoms. The quantitative estimate of drug-likeness (QED) is 0.686. The summed E-state index contributed by atoms with van der Waals surface area (Å²) >= 11 is 0. The van der Waals surface area contributed by atoms with Crippen molar-refractivity contribution in [2.45, 2.75) is 13.3 Å². The molecule has 0 bridgehead atoms. The van der Waals surface area contributed by atoms with Gasteiger partial charge in [0.05, 0.1) is 7.11 Å². The summed E-state index contributed by atoms with van der Waals surface area (Å²) in [6.07, 6.45) is 0.0936. The van der Waals surface area contributed by atoms with Crippen LogP contribution in [-0.4, -0.2) is 24.2 Å². The van der Waals surface area contributed by atoms with Crippen LogP contribution in [0.2, 0.25) is 0 Å². The smallest absolute Gasteiger partial charge is 0.323 e. The molecule has 0 amide bonds. The molecular weight excluding hydrogens is 256 g/mol. The maximum Gasteiger partial charge on any atom is 0.323 e. The van der Waals surface area contributed by atoms with E-state index in [4.69, 9.17) is 0 Å². The van der Waals surface area contributed by atoms with Crippen LogP contribution in [0.5, 0.6) is 0 Å². The fourth-order valence-electron chi connectivity index (χ4n) is 2.29. The predicted molar refractivity (Wildman–Crippen MR) is 75.4 cm³/mol. The topological polar surface area (TPSA) is 63.6 Å². The van der Waals surface area contributed by atoms with Crippen LogP contribution in [0.1, 0.15) is 12.5 Å². The van der Waals surface area contributed by atoms with Crippen LogP contribution in [0.15, 0.2) is 42.5 Å². The number of carboxylic acids is 1. The first-order valence-corrected chi connectivity index (χ1v) is 6.27. The second-order valence-corrected chi connectivity index (χ2v) is 4.94. The van der Waals surface area contributed by atoms with Gasteiger partial charge in [0.2, 0.25) is 0 Å². The van der Waals surface area contributed by atoms with Crippen molar-refractivity contribution in [1.29, 1.82) is 0 Å². The molecule has 2 aromatic rings. The number of fused-ring (bicyclic) bond motifs is 1. The van der Waals surface area contributed by atoms with Gasteiger partial charge in [0.25, 0.3) is 0 Å². The fourth-order valence-corrected chi connectivity index (χ4v) is 2.29. The van der Waals surface area contributed by atoms with Gasteiger partial charge in [0, 0.05) is 0 Å². The molecule has 0 fully saturated rings. The van der Waals surface area contributed by atoms with Crippen LogP contribution in [0.3, 0.4) is 0 Å². The molecule has 1 unspecified atom stereocenters. The van der Waals surface area contributed by atoms with Gasteiger partial charge in [-0.15, -0.1) is 0 Å². The van der Waals surface area contributed by atoms with E-state index < -0.39 is 17.4 Å². The van der Waals surface area contributed by atoms with Crippen molar-refractivity contribution >= 4 is 22.7 Å². The molecule has 4 nitrogen and oxygen atoms in total. The minimum atomic E-state index is -1.58. The number of ether oxygens (including phenoxy) is 1. The summed E-state index contributed by atoms with van der Waals surface area (Å²) in [6.45, 7) is 1.39. The van der Waals surface area contributed by atoms with E-state index in [0.29, 0.717) is 0 Å². The van der Waals surface area contributed by atoms with Crippen LogP contribution in [-0.2, 0) is 20.7 Å². The van der Waals surface area contributed by atoms with E-state index in [9.17, 15) is 14.7 Å². The number of benzene rings is 2. The highest BCUT2D eigenvalue weighted by molar-refractivity contribution is 5.99. The lowest BCUT2D eigenvalue weighted by Crippen LogP contribution is -2.39. The molecule has 0 saturated carbocycles. The first kappa shape index (κ1) is 14.1. The summed E-state index contributed by atoms with van der Waals surface area (Å²) < 4.78 is 4.64. The predicted octanol–water partition coefficient (Wildman–Crippen LogP) is 2.65. The molecule has 1 N–H and O–H groups in total. The molecular formula is C16H16O4. The lowest BCUT2D eigenvalue weighted by Gasteiger charge is -2.22. The maximum absolute atomic E-state index is 11.8. The van der Waals surface area contributed by atoms with Gasteiger partial charge in [-0.25, -0.2) is 0 Å². The molecule has 2 rings (SSSR count). The second kappa shape index (κ2) is 5.33. The number of methoxy groups -OCH3 is 1. The lowest BCUT2D eigenvalue weighted by atomic mass is 9.82. The monoisotopic (exact) mass is 272 g/mol. The summed E-state index contributed by atoms with van der Waals surface area (Å²) in [5, 5.41) is 11.3. The van der Waals surface area contributed by atoms with Crippen LogP contribution < -0.4 is 0 Å². The minimum absolute atomic E-state index is 0.0936. The van der Waals surface area contributed by atoms with E-state index in [1.165, 1.54) is 14.0 Å². The number of carboxylic acid groups (broad SMARTS) is 1. The zero-order valence-corrected chi connectivity index (χ0v) is 11.4. The van der Waals surface area contributed by atoms with Gasteiger partial charge in [0.15, 0.2) is 5.41 Å². The first-order valence-electron chi connectivity index (χ1n) is 6.27. The Morgan fingerprint density at radius 1 is 1.15 bits per heavy atom. The Kier molecular flexibility index (Phi) is 3.74.